The molecule has 3 aromatic carbocycles. The van der Waals surface area contributed by atoms with Crippen LogP contribution in [0.25, 0.3) is 0 Å². The Morgan fingerprint density at radius 2 is 1.15 bits per heavy atom. The van der Waals surface area contributed by atoms with Gasteiger partial charge in [0.15, 0.2) is 11.5 Å². The molecule has 0 saturated heterocycles. The average molecular weight is 365 g/mol. The van der Waals surface area contributed by atoms with E-state index >= 15 is 0 Å². The number of rotatable bonds is 6. The average Bonchev–Trinajstić information content (AvgIpc) is 2.70. The molecular weight excluding hydrogens is 350 g/mol. The zero-order valence-corrected chi connectivity index (χ0v) is 14.0. The highest BCUT2D eigenvalue weighted by Crippen LogP contribution is 2.34. The lowest BCUT2D eigenvalue weighted by Gasteiger charge is -2.12. The number of carboxylic acid groups (broad SMARTS) is 1. The van der Waals surface area contributed by atoms with Gasteiger partial charge >= 0.3 is 11.9 Å². The minimum atomic E-state index is -1.01. The van der Waals surface area contributed by atoms with Gasteiger partial charge in [0, 0.05) is 0 Å². The maximum absolute atomic E-state index is 11.4. The molecule has 7 nitrogen and oxygen atoms in total. The Hall–Kier alpha value is -3.84. The SMILES string of the molecule is NOC(=O)c1ccc(Oc2ccccc2Oc2ccc(C(=O)O)cc2)cc1. The van der Waals surface area contributed by atoms with Gasteiger partial charge in [-0.05, 0) is 60.7 Å². The van der Waals surface area contributed by atoms with E-state index in [0.717, 1.165) is 0 Å². The van der Waals surface area contributed by atoms with E-state index in [1.165, 1.54) is 24.3 Å². The molecule has 27 heavy (non-hydrogen) atoms. The van der Waals surface area contributed by atoms with Crippen LogP contribution in [0.15, 0.2) is 72.8 Å². The second kappa shape index (κ2) is 8.03. The summed E-state index contributed by atoms with van der Waals surface area (Å²) in [6, 6.07) is 19.3. The van der Waals surface area contributed by atoms with Crippen molar-refractivity contribution < 1.29 is 29.0 Å². The Balaban J connectivity index is 1.77. The number of carbonyl (C=O) groups excluding carboxylic acids is 1. The van der Waals surface area contributed by atoms with E-state index in [0.29, 0.717) is 28.6 Å². The van der Waals surface area contributed by atoms with E-state index in [1.807, 2.05) is 0 Å². The summed E-state index contributed by atoms with van der Waals surface area (Å²) in [6.07, 6.45) is 0. The molecule has 7 heteroatoms. The molecule has 0 amide bonds. The van der Waals surface area contributed by atoms with Crippen LogP contribution < -0.4 is 15.4 Å². The predicted molar refractivity (Wildman–Crippen MR) is 96.0 cm³/mol. The Morgan fingerprint density at radius 1 is 0.704 bits per heavy atom. The molecular formula is C20H15NO6. The molecule has 0 spiro atoms. The summed E-state index contributed by atoms with van der Waals surface area (Å²) < 4.78 is 11.6. The fraction of sp³-hybridized carbons (Fsp3) is 0. The van der Waals surface area contributed by atoms with Crippen molar-refractivity contribution in [3.8, 4) is 23.0 Å². The molecule has 0 saturated carbocycles. The molecule has 0 aliphatic rings. The molecule has 0 aliphatic carbocycles. The molecule has 3 rings (SSSR count). The number of carboxylic acids is 1. The topological polar surface area (TPSA) is 108 Å². The Labute approximate surface area is 154 Å². The molecule has 0 bridgehead atoms. The van der Waals surface area contributed by atoms with E-state index in [4.69, 9.17) is 20.5 Å². The first-order valence-electron chi connectivity index (χ1n) is 7.86. The smallest absolute Gasteiger partial charge is 0.356 e. The largest absolute Gasteiger partial charge is 0.478 e. The van der Waals surface area contributed by atoms with Crippen molar-refractivity contribution in [2.75, 3.05) is 0 Å². The van der Waals surface area contributed by atoms with Gasteiger partial charge in [0.1, 0.15) is 11.5 Å². The first kappa shape index (κ1) is 18.0. The Kier molecular flexibility index (Phi) is 5.34. The minimum absolute atomic E-state index is 0.169. The Morgan fingerprint density at radius 3 is 1.56 bits per heavy atom. The summed E-state index contributed by atoms with van der Waals surface area (Å²) >= 11 is 0. The summed E-state index contributed by atoms with van der Waals surface area (Å²) in [4.78, 5) is 26.4. The van der Waals surface area contributed by atoms with Crippen LogP contribution in [0.1, 0.15) is 20.7 Å². The van der Waals surface area contributed by atoms with Crippen LogP contribution in [0.4, 0.5) is 0 Å². The van der Waals surface area contributed by atoms with Gasteiger partial charge in [0.25, 0.3) is 0 Å². The van der Waals surface area contributed by atoms with Crippen LogP contribution in [0.2, 0.25) is 0 Å². The molecule has 0 aliphatic heterocycles. The first-order chi connectivity index (χ1) is 13.1. The summed E-state index contributed by atoms with van der Waals surface area (Å²) in [5.41, 5.74) is 0.468. The van der Waals surface area contributed by atoms with Gasteiger partial charge in [0.2, 0.25) is 0 Å². The fourth-order valence-electron chi connectivity index (χ4n) is 2.27. The van der Waals surface area contributed by atoms with Gasteiger partial charge in [-0.15, -0.1) is 0 Å². The van der Waals surface area contributed by atoms with E-state index in [1.54, 1.807) is 48.5 Å². The number of carbonyl (C=O) groups is 2. The number of benzene rings is 3. The van der Waals surface area contributed by atoms with Crippen molar-refractivity contribution >= 4 is 11.9 Å². The van der Waals surface area contributed by atoms with Crippen LogP contribution in [0.5, 0.6) is 23.0 Å². The number of hydrogen-bond donors (Lipinski definition) is 2. The van der Waals surface area contributed by atoms with Gasteiger partial charge in [0.05, 0.1) is 11.1 Å². The van der Waals surface area contributed by atoms with E-state index in [-0.39, 0.29) is 5.56 Å². The third-order valence-electron chi connectivity index (χ3n) is 3.60. The van der Waals surface area contributed by atoms with Crippen molar-refractivity contribution in [1.82, 2.24) is 0 Å². The fourth-order valence-corrected chi connectivity index (χ4v) is 2.27. The molecule has 0 atom stereocenters. The van der Waals surface area contributed by atoms with Crippen molar-refractivity contribution in [2.45, 2.75) is 0 Å². The van der Waals surface area contributed by atoms with Gasteiger partial charge < -0.3 is 19.4 Å². The molecule has 3 N–H and O–H groups in total. The second-order valence-electron chi connectivity index (χ2n) is 5.41. The van der Waals surface area contributed by atoms with Crippen LogP contribution in [0, 0.1) is 0 Å². The van der Waals surface area contributed by atoms with E-state index < -0.39 is 11.9 Å². The van der Waals surface area contributed by atoms with Crippen LogP contribution in [-0.2, 0) is 4.84 Å². The highest BCUT2D eigenvalue weighted by Gasteiger charge is 2.10. The lowest BCUT2D eigenvalue weighted by molar-refractivity contribution is 0.0503. The molecule has 3 aromatic rings. The highest BCUT2D eigenvalue weighted by atomic mass is 16.7. The highest BCUT2D eigenvalue weighted by molar-refractivity contribution is 5.89. The third kappa shape index (κ3) is 4.42. The maximum Gasteiger partial charge on any atom is 0.356 e. The van der Waals surface area contributed by atoms with Crippen molar-refractivity contribution in [3.63, 3.8) is 0 Å². The lowest BCUT2D eigenvalue weighted by atomic mass is 10.2. The van der Waals surface area contributed by atoms with Crippen molar-refractivity contribution in [3.05, 3.63) is 83.9 Å². The monoisotopic (exact) mass is 365 g/mol. The molecule has 0 aromatic heterocycles. The predicted octanol–water partition coefficient (Wildman–Crippen LogP) is 4.00. The van der Waals surface area contributed by atoms with E-state index in [9.17, 15) is 9.59 Å². The minimum Gasteiger partial charge on any atom is -0.478 e. The number of ether oxygens (including phenoxy) is 2. The molecule has 136 valence electrons. The zero-order chi connectivity index (χ0) is 19.2. The quantitative estimate of drug-likeness (QED) is 0.636. The first-order valence-corrected chi connectivity index (χ1v) is 7.86. The third-order valence-corrected chi connectivity index (χ3v) is 3.60. The van der Waals surface area contributed by atoms with Gasteiger partial charge in [-0.1, -0.05) is 12.1 Å². The molecule has 0 fully saturated rings. The Bertz CT molecular complexity index is 951. The maximum atomic E-state index is 11.4. The lowest BCUT2D eigenvalue weighted by Crippen LogP contribution is -2.09. The summed E-state index contributed by atoms with van der Waals surface area (Å²) in [7, 11) is 0. The van der Waals surface area contributed by atoms with Crippen LogP contribution in [-0.4, -0.2) is 17.0 Å². The molecule has 0 radical (unpaired) electrons. The van der Waals surface area contributed by atoms with Crippen LogP contribution in [0.3, 0.4) is 0 Å². The summed E-state index contributed by atoms with van der Waals surface area (Å²) in [6.45, 7) is 0. The van der Waals surface area contributed by atoms with Crippen LogP contribution >= 0.6 is 0 Å². The number of hydrogen-bond acceptors (Lipinski definition) is 6. The summed E-state index contributed by atoms with van der Waals surface area (Å²) in [5.74, 6) is 5.06. The normalized spacial score (nSPS) is 10.1. The van der Waals surface area contributed by atoms with Crippen molar-refractivity contribution in [1.29, 1.82) is 0 Å². The van der Waals surface area contributed by atoms with E-state index in [2.05, 4.69) is 4.84 Å². The standard InChI is InChI=1S/C20H15NO6/c21-27-20(24)14-7-11-16(12-8-14)26-18-4-2-1-3-17(18)25-15-9-5-13(6-10-15)19(22)23/h1-12H,21H2,(H,22,23). The summed E-state index contributed by atoms with van der Waals surface area (Å²) in [5, 5.41) is 8.95. The second-order valence-corrected chi connectivity index (χ2v) is 5.41. The van der Waals surface area contributed by atoms with Crippen molar-refractivity contribution in [2.24, 2.45) is 5.90 Å². The molecule has 0 heterocycles. The van der Waals surface area contributed by atoms with Gasteiger partial charge in [-0.3, -0.25) is 0 Å². The number of aromatic carboxylic acids is 1. The molecule has 0 unspecified atom stereocenters. The number of nitrogens with two attached hydrogens (primary N) is 1. The number of para-hydroxylation sites is 2. The van der Waals surface area contributed by atoms with Gasteiger partial charge in [-0.2, -0.15) is 5.90 Å². The zero-order valence-electron chi connectivity index (χ0n) is 14.0. The van der Waals surface area contributed by atoms with Gasteiger partial charge in [-0.25, -0.2) is 9.59 Å².